The highest BCUT2D eigenvalue weighted by Crippen LogP contribution is 2.15. The van der Waals surface area contributed by atoms with Gasteiger partial charge in [0.2, 0.25) is 0 Å². The van der Waals surface area contributed by atoms with Gasteiger partial charge in [0.05, 0.1) is 25.4 Å². The maximum atomic E-state index is 12.0. The van der Waals surface area contributed by atoms with Gasteiger partial charge in [0.15, 0.2) is 5.69 Å². The van der Waals surface area contributed by atoms with Crippen molar-refractivity contribution in [3.63, 3.8) is 0 Å². The molecule has 6 nitrogen and oxygen atoms in total. The Morgan fingerprint density at radius 3 is 3.10 bits per heavy atom. The highest BCUT2D eigenvalue weighted by atomic mass is 35.5. The molecule has 1 fully saturated rings. The first kappa shape index (κ1) is 14.0. The van der Waals surface area contributed by atoms with Crippen LogP contribution in [0.25, 0.3) is 0 Å². The van der Waals surface area contributed by atoms with Crippen LogP contribution < -0.4 is 5.32 Å². The smallest absolute Gasteiger partial charge is 0.273 e. The molecule has 1 aromatic heterocycles. The van der Waals surface area contributed by atoms with Gasteiger partial charge in [-0.05, 0) is 18.1 Å². The SMILES string of the molecule is O=C(N[C@H]1CCOC1)c1cn(Cc2ccccc2Cl)nn1. The third-order valence-corrected chi connectivity index (χ3v) is 3.70. The van der Waals surface area contributed by atoms with Gasteiger partial charge in [0.25, 0.3) is 5.91 Å². The first-order chi connectivity index (χ1) is 10.2. The summed E-state index contributed by atoms with van der Waals surface area (Å²) in [5, 5.41) is 11.4. The van der Waals surface area contributed by atoms with E-state index in [0.29, 0.717) is 30.5 Å². The number of carbonyl (C=O) groups is 1. The summed E-state index contributed by atoms with van der Waals surface area (Å²) < 4.78 is 6.82. The van der Waals surface area contributed by atoms with E-state index in [-0.39, 0.29) is 11.9 Å². The van der Waals surface area contributed by atoms with Gasteiger partial charge in [0, 0.05) is 11.6 Å². The number of halogens is 1. The maximum Gasteiger partial charge on any atom is 0.273 e. The second kappa shape index (κ2) is 6.24. The highest BCUT2D eigenvalue weighted by molar-refractivity contribution is 6.31. The van der Waals surface area contributed by atoms with Gasteiger partial charge < -0.3 is 10.1 Å². The average molecular weight is 307 g/mol. The fourth-order valence-electron chi connectivity index (χ4n) is 2.19. The number of ether oxygens (including phenoxy) is 1. The van der Waals surface area contributed by atoms with Crippen molar-refractivity contribution in [3.05, 3.63) is 46.7 Å². The minimum absolute atomic E-state index is 0.0613. The quantitative estimate of drug-likeness (QED) is 0.929. The third kappa shape index (κ3) is 3.40. The molecule has 1 aliphatic heterocycles. The van der Waals surface area contributed by atoms with Gasteiger partial charge in [-0.3, -0.25) is 4.79 Å². The molecule has 0 spiro atoms. The van der Waals surface area contributed by atoms with Crippen molar-refractivity contribution in [1.29, 1.82) is 0 Å². The lowest BCUT2D eigenvalue weighted by Gasteiger charge is -2.08. The van der Waals surface area contributed by atoms with Crippen LogP contribution in [0.3, 0.4) is 0 Å². The minimum Gasteiger partial charge on any atom is -0.379 e. The van der Waals surface area contributed by atoms with Crippen molar-refractivity contribution >= 4 is 17.5 Å². The van der Waals surface area contributed by atoms with Crippen molar-refractivity contribution in [2.45, 2.75) is 19.0 Å². The van der Waals surface area contributed by atoms with E-state index < -0.39 is 0 Å². The Morgan fingerprint density at radius 2 is 2.33 bits per heavy atom. The van der Waals surface area contributed by atoms with Gasteiger partial charge in [0.1, 0.15) is 0 Å². The molecule has 1 saturated heterocycles. The molecule has 0 radical (unpaired) electrons. The largest absolute Gasteiger partial charge is 0.379 e. The van der Waals surface area contributed by atoms with Crippen LogP contribution in [0.2, 0.25) is 5.02 Å². The predicted molar refractivity (Wildman–Crippen MR) is 77.3 cm³/mol. The highest BCUT2D eigenvalue weighted by Gasteiger charge is 2.20. The van der Waals surface area contributed by atoms with E-state index in [2.05, 4.69) is 15.6 Å². The topological polar surface area (TPSA) is 69.0 Å². The fourth-order valence-corrected chi connectivity index (χ4v) is 2.38. The summed E-state index contributed by atoms with van der Waals surface area (Å²) in [6, 6.07) is 7.58. The summed E-state index contributed by atoms with van der Waals surface area (Å²) in [6.45, 7) is 1.72. The lowest BCUT2D eigenvalue weighted by Crippen LogP contribution is -2.35. The van der Waals surface area contributed by atoms with Gasteiger partial charge in [-0.2, -0.15) is 0 Å². The number of hydrogen-bond acceptors (Lipinski definition) is 4. The van der Waals surface area contributed by atoms with E-state index >= 15 is 0 Å². The molecule has 1 aliphatic rings. The third-order valence-electron chi connectivity index (χ3n) is 3.33. The second-order valence-electron chi connectivity index (χ2n) is 4.93. The zero-order valence-corrected chi connectivity index (χ0v) is 12.1. The summed E-state index contributed by atoms with van der Waals surface area (Å²) in [7, 11) is 0. The van der Waals surface area contributed by atoms with E-state index in [1.165, 1.54) is 0 Å². The van der Waals surface area contributed by atoms with Gasteiger partial charge in [-0.1, -0.05) is 35.0 Å². The summed E-state index contributed by atoms with van der Waals surface area (Å²) in [5.74, 6) is -0.226. The minimum atomic E-state index is -0.226. The number of benzene rings is 1. The summed E-state index contributed by atoms with van der Waals surface area (Å²) in [6.07, 6.45) is 2.45. The van der Waals surface area contributed by atoms with Crippen molar-refractivity contribution in [2.75, 3.05) is 13.2 Å². The number of aromatic nitrogens is 3. The number of rotatable bonds is 4. The van der Waals surface area contributed by atoms with Gasteiger partial charge in [-0.15, -0.1) is 5.10 Å². The first-order valence-electron chi connectivity index (χ1n) is 6.74. The van der Waals surface area contributed by atoms with Crippen LogP contribution >= 0.6 is 11.6 Å². The number of amides is 1. The number of hydrogen-bond donors (Lipinski definition) is 1. The molecule has 3 rings (SSSR count). The molecular formula is C14H15ClN4O2. The van der Waals surface area contributed by atoms with Crippen molar-refractivity contribution in [1.82, 2.24) is 20.3 Å². The van der Waals surface area contributed by atoms with Crippen LogP contribution in [0.4, 0.5) is 0 Å². The van der Waals surface area contributed by atoms with Crippen LogP contribution in [0, 0.1) is 0 Å². The number of carbonyl (C=O) groups excluding carboxylic acids is 1. The van der Waals surface area contributed by atoms with Crippen molar-refractivity contribution in [2.24, 2.45) is 0 Å². The normalized spacial score (nSPS) is 17.9. The Bertz CT molecular complexity index is 637. The Kier molecular flexibility index (Phi) is 4.17. The Hall–Kier alpha value is -1.92. The van der Waals surface area contributed by atoms with Crippen LogP contribution in [0.15, 0.2) is 30.5 Å². The Morgan fingerprint density at radius 1 is 1.48 bits per heavy atom. The Balaban J connectivity index is 1.65. The molecular weight excluding hydrogens is 292 g/mol. The van der Waals surface area contributed by atoms with E-state index in [4.69, 9.17) is 16.3 Å². The average Bonchev–Trinajstić information content (AvgIpc) is 3.13. The standard InChI is InChI=1S/C14H15ClN4O2/c15-12-4-2-1-3-10(12)7-19-8-13(17-18-19)14(20)16-11-5-6-21-9-11/h1-4,8,11H,5-7,9H2,(H,16,20)/t11-/m0/s1. The van der Waals surface area contributed by atoms with E-state index in [1.54, 1.807) is 10.9 Å². The lowest BCUT2D eigenvalue weighted by molar-refractivity contribution is 0.0925. The van der Waals surface area contributed by atoms with Gasteiger partial charge in [-0.25, -0.2) is 4.68 Å². The molecule has 1 N–H and O–H groups in total. The summed E-state index contributed by atoms with van der Waals surface area (Å²) in [5.41, 5.74) is 1.23. The summed E-state index contributed by atoms with van der Waals surface area (Å²) in [4.78, 5) is 12.0. The first-order valence-corrected chi connectivity index (χ1v) is 7.12. The zero-order chi connectivity index (χ0) is 14.7. The molecule has 0 bridgehead atoms. The molecule has 1 aromatic carbocycles. The van der Waals surface area contributed by atoms with E-state index in [0.717, 1.165) is 12.0 Å². The molecule has 1 atom stereocenters. The molecule has 110 valence electrons. The van der Waals surface area contributed by atoms with Gasteiger partial charge >= 0.3 is 0 Å². The zero-order valence-electron chi connectivity index (χ0n) is 11.3. The van der Waals surface area contributed by atoms with Crippen molar-refractivity contribution in [3.8, 4) is 0 Å². The molecule has 1 amide bonds. The van der Waals surface area contributed by atoms with Crippen LogP contribution in [0.1, 0.15) is 22.5 Å². The Labute approximate surface area is 127 Å². The molecule has 21 heavy (non-hydrogen) atoms. The van der Waals surface area contributed by atoms with Crippen molar-refractivity contribution < 1.29 is 9.53 Å². The molecule has 2 heterocycles. The molecule has 0 unspecified atom stereocenters. The lowest BCUT2D eigenvalue weighted by atomic mass is 10.2. The maximum absolute atomic E-state index is 12.0. The molecule has 2 aromatic rings. The molecule has 7 heteroatoms. The van der Waals surface area contributed by atoms with Crippen LogP contribution in [-0.4, -0.2) is 40.2 Å². The fraction of sp³-hybridized carbons (Fsp3) is 0.357. The van der Waals surface area contributed by atoms with Crippen LogP contribution in [0.5, 0.6) is 0 Å². The number of nitrogens with one attached hydrogen (secondary N) is 1. The molecule has 0 aliphatic carbocycles. The summed E-state index contributed by atoms with van der Waals surface area (Å²) >= 11 is 6.10. The second-order valence-corrected chi connectivity index (χ2v) is 5.33. The number of nitrogens with zero attached hydrogens (tertiary/aromatic N) is 3. The van der Waals surface area contributed by atoms with Crippen LogP contribution in [-0.2, 0) is 11.3 Å². The predicted octanol–water partition coefficient (Wildman–Crippen LogP) is 1.50. The molecule has 0 saturated carbocycles. The van der Waals surface area contributed by atoms with E-state index in [1.807, 2.05) is 24.3 Å². The van der Waals surface area contributed by atoms with E-state index in [9.17, 15) is 4.79 Å². The monoisotopic (exact) mass is 306 g/mol.